The van der Waals surface area contributed by atoms with Crippen LogP contribution in [0.5, 0.6) is 0 Å². The highest BCUT2D eigenvalue weighted by Gasteiger charge is 2.28. The van der Waals surface area contributed by atoms with Crippen LogP contribution < -0.4 is 5.32 Å². The average Bonchev–Trinajstić information content (AvgIpc) is 3.36. The minimum atomic E-state index is -4.32. The molecule has 0 aromatic rings. The van der Waals surface area contributed by atoms with Gasteiger partial charge in [-0.25, -0.2) is 4.57 Å². The Balaban J connectivity index is 3.81. The van der Waals surface area contributed by atoms with Gasteiger partial charge in [0.1, 0.15) is 13.2 Å². The lowest BCUT2D eigenvalue weighted by Gasteiger charge is -2.26. The summed E-state index contributed by atoms with van der Waals surface area (Å²) < 4.78 is 23.8. The second-order valence-electron chi connectivity index (χ2n) is 24.2. The summed E-state index contributed by atoms with van der Waals surface area (Å²) in [4.78, 5) is 23.3. The molecule has 0 saturated heterocycles. The van der Waals surface area contributed by atoms with Gasteiger partial charge in [0.05, 0.1) is 39.9 Å². The molecule has 8 nitrogen and oxygen atoms in total. The molecule has 0 heterocycles. The molecule has 0 saturated carbocycles. The van der Waals surface area contributed by atoms with Crippen LogP contribution in [0.15, 0.2) is 12.2 Å². The van der Waals surface area contributed by atoms with Crippen LogP contribution in [0, 0.1) is 0 Å². The number of rotatable bonds is 62. The fourth-order valence-electron chi connectivity index (χ4n) is 10.3. The largest absolute Gasteiger partial charge is 0.472 e. The number of likely N-dealkylation sites (N-methyl/N-ethyl adjacent to an activating group) is 1. The number of aliphatic hydroxyl groups excluding tert-OH is 1. The summed E-state index contributed by atoms with van der Waals surface area (Å²) in [5.74, 6) is -0.137. The van der Waals surface area contributed by atoms with E-state index in [0.717, 1.165) is 38.5 Å². The molecule has 0 radical (unpaired) electrons. The second-order valence-corrected chi connectivity index (χ2v) is 25.7. The van der Waals surface area contributed by atoms with Crippen molar-refractivity contribution in [3.8, 4) is 0 Å². The Labute approximate surface area is 462 Å². The predicted molar refractivity (Wildman–Crippen MR) is 323 cm³/mol. The van der Waals surface area contributed by atoms with Gasteiger partial charge in [-0.15, -0.1) is 0 Å². The minimum absolute atomic E-state index is 0.0783. The number of carbonyl (C=O) groups is 1. The third-order valence-corrected chi connectivity index (χ3v) is 16.5. The van der Waals surface area contributed by atoms with E-state index < -0.39 is 20.0 Å². The number of unbranched alkanes of at least 4 members (excludes halogenated alkanes) is 47. The monoisotopic (exact) mass is 1070 g/mol. The molecule has 0 rings (SSSR count). The van der Waals surface area contributed by atoms with Crippen LogP contribution in [0.1, 0.15) is 348 Å². The number of allylic oxidation sites excluding steroid dienone is 2. The van der Waals surface area contributed by atoms with Gasteiger partial charge in [0.2, 0.25) is 5.91 Å². The highest BCUT2D eigenvalue weighted by molar-refractivity contribution is 7.47. The predicted octanol–water partition coefficient (Wildman–Crippen LogP) is 20.6. The molecule has 74 heavy (non-hydrogen) atoms. The fourth-order valence-corrected chi connectivity index (χ4v) is 11.1. The Hall–Kier alpha value is -0.760. The fraction of sp³-hybridized carbons (Fsp3) is 0.954. The van der Waals surface area contributed by atoms with Crippen molar-refractivity contribution in [2.24, 2.45) is 0 Å². The normalized spacial score (nSPS) is 13.8. The molecule has 3 N–H and O–H groups in total. The van der Waals surface area contributed by atoms with E-state index >= 15 is 0 Å². The maximum atomic E-state index is 13.0. The van der Waals surface area contributed by atoms with E-state index in [1.807, 2.05) is 21.1 Å². The highest BCUT2D eigenvalue weighted by atomic mass is 31.2. The second kappa shape index (κ2) is 56.9. The molecular weight excluding hydrogens is 936 g/mol. The Morgan fingerprint density at radius 3 is 1.04 bits per heavy atom. The van der Waals surface area contributed by atoms with Crippen molar-refractivity contribution in [3.05, 3.63) is 12.2 Å². The summed E-state index contributed by atoms with van der Waals surface area (Å²) in [7, 11) is 1.63. The number of phosphoric acid groups is 1. The van der Waals surface area contributed by atoms with Crippen molar-refractivity contribution in [2.75, 3.05) is 40.9 Å². The van der Waals surface area contributed by atoms with E-state index in [-0.39, 0.29) is 19.1 Å². The molecule has 442 valence electrons. The number of amides is 1. The molecule has 0 bridgehead atoms. The third-order valence-electron chi connectivity index (χ3n) is 15.5. The van der Waals surface area contributed by atoms with Gasteiger partial charge in [-0.2, -0.15) is 0 Å². The van der Waals surface area contributed by atoms with E-state index in [1.165, 1.54) is 283 Å². The molecule has 0 aromatic heterocycles. The maximum absolute atomic E-state index is 13.0. The van der Waals surface area contributed by atoms with Crippen LogP contribution in [0.2, 0.25) is 0 Å². The molecule has 1 amide bonds. The quantitative estimate of drug-likeness (QED) is 0.0243. The van der Waals surface area contributed by atoms with Gasteiger partial charge in [0.25, 0.3) is 0 Å². The number of nitrogens with zero attached hydrogens (tertiary/aromatic N) is 1. The van der Waals surface area contributed by atoms with Crippen LogP contribution in [0.3, 0.4) is 0 Å². The van der Waals surface area contributed by atoms with Gasteiger partial charge in [0, 0.05) is 6.42 Å². The molecule has 3 atom stereocenters. The van der Waals surface area contributed by atoms with E-state index in [1.54, 1.807) is 0 Å². The molecule has 0 spiro atoms. The highest BCUT2D eigenvalue weighted by Crippen LogP contribution is 2.43. The zero-order valence-electron chi connectivity index (χ0n) is 50.6. The minimum Gasteiger partial charge on any atom is -0.391 e. The Morgan fingerprint density at radius 2 is 0.730 bits per heavy atom. The maximum Gasteiger partial charge on any atom is 0.472 e. The van der Waals surface area contributed by atoms with Gasteiger partial charge in [0.15, 0.2) is 0 Å². The zero-order chi connectivity index (χ0) is 54.2. The summed E-state index contributed by atoms with van der Waals surface area (Å²) in [5.41, 5.74) is 0. The first-order chi connectivity index (χ1) is 36.0. The van der Waals surface area contributed by atoms with Gasteiger partial charge < -0.3 is 19.8 Å². The summed E-state index contributed by atoms with van der Waals surface area (Å²) >= 11 is 0. The van der Waals surface area contributed by atoms with E-state index in [2.05, 4.69) is 31.3 Å². The number of quaternary nitrogens is 1. The summed E-state index contributed by atoms with van der Waals surface area (Å²) in [5, 5.41) is 14.1. The molecule has 0 aromatic carbocycles. The van der Waals surface area contributed by atoms with Crippen LogP contribution >= 0.6 is 7.82 Å². The number of nitrogens with one attached hydrogen (secondary N) is 1. The summed E-state index contributed by atoms with van der Waals surface area (Å²) in [6.45, 7) is 4.93. The van der Waals surface area contributed by atoms with Crippen molar-refractivity contribution in [2.45, 2.75) is 360 Å². The van der Waals surface area contributed by atoms with Crippen LogP contribution in [-0.4, -0.2) is 73.4 Å². The topological polar surface area (TPSA) is 105 Å². The SMILES string of the molecule is CCCCCCCCCC/C=C\CCCCCCCCCCCCCCCCCCCCCCCCCCCCCC(=O)NC(COP(=O)(O)OCC[N+](C)(C)C)C(O)CCCCCCCCCCCCCCC. The van der Waals surface area contributed by atoms with Crippen molar-refractivity contribution >= 4 is 13.7 Å². The van der Waals surface area contributed by atoms with E-state index in [0.29, 0.717) is 23.9 Å². The summed E-state index contributed by atoms with van der Waals surface area (Å²) in [6.07, 6.45) is 71.8. The molecule has 0 aliphatic rings. The summed E-state index contributed by atoms with van der Waals surface area (Å²) in [6, 6.07) is -0.756. The molecule has 0 fully saturated rings. The Bertz CT molecular complexity index is 1210. The Morgan fingerprint density at radius 1 is 0.446 bits per heavy atom. The molecule has 0 aliphatic carbocycles. The first-order valence-corrected chi connectivity index (χ1v) is 34.5. The Kier molecular flexibility index (Phi) is 56.4. The lowest BCUT2D eigenvalue weighted by atomic mass is 10.0. The van der Waals surface area contributed by atoms with E-state index in [9.17, 15) is 19.4 Å². The van der Waals surface area contributed by atoms with E-state index in [4.69, 9.17) is 9.05 Å². The van der Waals surface area contributed by atoms with Crippen molar-refractivity contribution < 1.29 is 32.9 Å². The van der Waals surface area contributed by atoms with Crippen LogP contribution in [0.25, 0.3) is 0 Å². The van der Waals surface area contributed by atoms with Gasteiger partial charge >= 0.3 is 7.82 Å². The van der Waals surface area contributed by atoms with Crippen LogP contribution in [-0.2, 0) is 18.4 Å². The molecule has 0 aliphatic heterocycles. The molecular formula is C65H132N2O6P+. The molecule has 3 unspecified atom stereocenters. The number of aliphatic hydroxyl groups is 1. The van der Waals surface area contributed by atoms with Gasteiger partial charge in [-0.05, 0) is 38.5 Å². The van der Waals surface area contributed by atoms with Crippen molar-refractivity contribution in [3.63, 3.8) is 0 Å². The number of hydrogen-bond donors (Lipinski definition) is 3. The van der Waals surface area contributed by atoms with Crippen molar-refractivity contribution in [1.82, 2.24) is 5.32 Å². The third kappa shape index (κ3) is 58.9. The number of phosphoric ester groups is 1. The lowest BCUT2D eigenvalue weighted by molar-refractivity contribution is -0.870. The first-order valence-electron chi connectivity index (χ1n) is 33.1. The number of hydrogen-bond acceptors (Lipinski definition) is 5. The van der Waals surface area contributed by atoms with Crippen LogP contribution in [0.4, 0.5) is 0 Å². The first kappa shape index (κ1) is 73.2. The number of carbonyl (C=O) groups excluding carboxylic acids is 1. The average molecular weight is 1070 g/mol. The zero-order valence-corrected chi connectivity index (χ0v) is 51.5. The van der Waals surface area contributed by atoms with Gasteiger partial charge in [-0.3, -0.25) is 13.8 Å². The standard InChI is InChI=1S/C65H131N2O6P/c1-6-8-10-12-14-16-18-20-21-22-23-24-25-26-27-28-29-30-31-32-33-34-35-36-37-38-39-40-41-42-43-44-45-47-49-51-53-55-57-59-65(69)66-63(62-73-74(70,71)72-61-60-67(3,4)5)64(68)58-56-54-52-50-48-46-19-17-15-13-11-9-7-2/h22-23,63-64,68H,6-21,24-62H2,1-5H3,(H-,66,69,70,71)/p+1/b23-22-. The lowest BCUT2D eigenvalue weighted by Crippen LogP contribution is -2.46. The van der Waals surface area contributed by atoms with Gasteiger partial charge in [-0.1, -0.05) is 315 Å². The van der Waals surface area contributed by atoms with Crippen molar-refractivity contribution in [1.29, 1.82) is 0 Å². The smallest absolute Gasteiger partial charge is 0.391 e. The molecule has 9 heteroatoms.